The second-order valence-corrected chi connectivity index (χ2v) is 11.0. The van der Waals surface area contributed by atoms with E-state index in [9.17, 15) is 0 Å². The lowest BCUT2D eigenvalue weighted by atomic mass is 9.92. The first-order valence-corrected chi connectivity index (χ1v) is 14.2. The summed E-state index contributed by atoms with van der Waals surface area (Å²) in [6, 6.07) is 44.8. The molecule has 3 aromatic heterocycles. The van der Waals surface area contributed by atoms with E-state index >= 15 is 0 Å². The van der Waals surface area contributed by atoms with Crippen molar-refractivity contribution in [3.63, 3.8) is 0 Å². The molecular formula is C38H21N3O. The van der Waals surface area contributed by atoms with E-state index in [0.29, 0.717) is 0 Å². The van der Waals surface area contributed by atoms with Gasteiger partial charge in [-0.1, -0.05) is 78.9 Å². The molecule has 194 valence electrons. The molecule has 1 aliphatic heterocycles. The van der Waals surface area contributed by atoms with Crippen LogP contribution in [0.25, 0.3) is 94.1 Å². The fraction of sp³-hybridized carbons (Fsp3) is 0. The van der Waals surface area contributed by atoms with Gasteiger partial charge in [0.1, 0.15) is 16.9 Å². The van der Waals surface area contributed by atoms with Gasteiger partial charge in [0.25, 0.3) is 0 Å². The second kappa shape index (κ2) is 7.93. The fourth-order valence-electron chi connectivity index (χ4n) is 6.85. The first-order valence-electron chi connectivity index (χ1n) is 14.2. The van der Waals surface area contributed by atoms with E-state index in [1.54, 1.807) is 0 Å². The number of rotatable bonds is 1. The summed E-state index contributed by atoms with van der Waals surface area (Å²) in [5.41, 5.74) is 12.4. The molecule has 10 rings (SSSR count). The van der Waals surface area contributed by atoms with E-state index in [0.717, 1.165) is 77.8 Å². The van der Waals surface area contributed by atoms with Crippen molar-refractivity contribution >= 4 is 54.8 Å². The molecule has 4 nitrogen and oxygen atoms in total. The van der Waals surface area contributed by atoms with Gasteiger partial charge in [0.2, 0.25) is 0 Å². The van der Waals surface area contributed by atoms with Crippen molar-refractivity contribution < 1.29 is 4.42 Å². The molecule has 1 aliphatic rings. The minimum atomic E-state index is 0.863. The quantitative estimate of drug-likeness (QED) is 0.210. The topological polar surface area (TPSA) is 43.9 Å². The van der Waals surface area contributed by atoms with Gasteiger partial charge < -0.3 is 4.42 Å². The average molecular weight is 536 g/mol. The molecule has 4 heteroatoms. The first kappa shape index (κ1) is 22.0. The third-order valence-corrected chi connectivity index (χ3v) is 8.72. The number of hydrogen-bond donors (Lipinski definition) is 0. The van der Waals surface area contributed by atoms with Gasteiger partial charge in [-0.15, -0.1) is 0 Å². The smallest absolute Gasteiger partial charge is 0.165 e. The van der Waals surface area contributed by atoms with Crippen LogP contribution in [0.1, 0.15) is 0 Å². The molecule has 0 bridgehead atoms. The summed E-state index contributed by atoms with van der Waals surface area (Å²) in [7, 11) is 0. The number of nitrogens with zero attached hydrogens (tertiary/aromatic N) is 3. The Morgan fingerprint density at radius 3 is 2.10 bits per heavy atom. The summed E-state index contributed by atoms with van der Waals surface area (Å²) in [4.78, 5) is 10.5. The highest BCUT2D eigenvalue weighted by Crippen LogP contribution is 2.47. The van der Waals surface area contributed by atoms with Gasteiger partial charge in [0, 0.05) is 32.7 Å². The zero-order chi connectivity index (χ0) is 27.4. The van der Waals surface area contributed by atoms with Crippen molar-refractivity contribution in [3.05, 3.63) is 127 Å². The molecule has 42 heavy (non-hydrogen) atoms. The van der Waals surface area contributed by atoms with Crippen LogP contribution >= 0.6 is 0 Å². The van der Waals surface area contributed by atoms with Crippen LogP contribution in [-0.2, 0) is 0 Å². The molecule has 0 N–H and O–H groups in total. The highest BCUT2D eigenvalue weighted by atomic mass is 16.3. The SMILES string of the molecule is c1ccc2c(c1)-c1nc3ccccc3nc1-n1c3ccccc3c3cc(-c4ccc5c(c4)oc4ccccc45)cc-2c31. The van der Waals surface area contributed by atoms with Gasteiger partial charge in [-0.25, -0.2) is 9.97 Å². The second-order valence-electron chi connectivity index (χ2n) is 11.0. The minimum Gasteiger partial charge on any atom is -0.456 e. The average Bonchev–Trinajstić information content (AvgIpc) is 3.55. The predicted octanol–water partition coefficient (Wildman–Crippen LogP) is 9.94. The molecule has 0 fully saturated rings. The Morgan fingerprint density at radius 2 is 1.19 bits per heavy atom. The minimum absolute atomic E-state index is 0.863. The van der Waals surface area contributed by atoms with Crippen molar-refractivity contribution in [1.29, 1.82) is 0 Å². The zero-order valence-corrected chi connectivity index (χ0v) is 22.4. The van der Waals surface area contributed by atoms with Crippen LogP contribution in [0.5, 0.6) is 0 Å². The predicted molar refractivity (Wildman–Crippen MR) is 171 cm³/mol. The number of para-hydroxylation sites is 4. The largest absolute Gasteiger partial charge is 0.456 e. The fourth-order valence-corrected chi connectivity index (χ4v) is 6.85. The molecule has 0 atom stereocenters. The number of fused-ring (bicyclic) bond motifs is 12. The lowest BCUT2D eigenvalue weighted by Crippen LogP contribution is -2.02. The highest BCUT2D eigenvalue weighted by Gasteiger charge is 2.27. The molecule has 0 radical (unpaired) electrons. The normalized spacial score (nSPS) is 12.3. The van der Waals surface area contributed by atoms with Gasteiger partial charge in [0.15, 0.2) is 5.82 Å². The Labute approximate surface area is 240 Å². The number of benzene rings is 6. The number of furan rings is 1. The van der Waals surface area contributed by atoms with Gasteiger partial charge in [-0.3, -0.25) is 4.57 Å². The Hall–Kier alpha value is -5.74. The lowest BCUT2D eigenvalue weighted by Gasteiger charge is -2.12. The van der Waals surface area contributed by atoms with Gasteiger partial charge in [-0.2, -0.15) is 0 Å². The van der Waals surface area contributed by atoms with E-state index < -0.39 is 0 Å². The molecule has 0 spiro atoms. The molecule has 0 saturated heterocycles. The number of hydrogen-bond acceptors (Lipinski definition) is 3. The van der Waals surface area contributed by atoms with Gasteiger partial charge in [-0.05, 0) is 65.2 Å². The lowest BCUT2D eigenvalue weighted by molar-refractivity contribution is 0.669. The Bertz CT molecular complexity index is 2590. The van der Waals surface area contributed by atoms with Gasteiger partial charge >= 0.3 is 0 Å². The van der Waals surface area contributed by atoms with Crippen LogP contribution < -0.4 is 0 Å². The van der Waals surface area contributed by atoms with Gasteiger partial charge in [0.05, 0.1) is 22.1 Å². The number of aromatic nitrogens is 3. The van der Waals surface area contributed by atoms with Crippen LogP contribution in [0.3, 0.4) is 0 Å². The maximum absolute atomic E-state index is 6.28. The maximum Gasteiger partial charge on any atom is 0.165 e. The maximum atomic E-state index is 6.28. The molecule has 0 aliphatic carbocycles. The van der Waals surface area contributed by atoms with E-state index in [2.05, 4.69) is 95.6 Å². The molecular weight excluding hydrogens is 514 g/mol. The van der Waals surface area contributed by atoms with Crippen LogP contribution in [0.4, 0.5) is 0 Å². The monoisotopic (exact) mass is 535 g/mol. The molecule has 6 aromatic carbocycles. The molecule has 0 amide bonds. The van der Waals surface area contributed by atoms with Crippen molar-refractivity contribution in [2.45, 2.75) is 0 Å². The van der Waals surface area contributed by atoms with Crippen molar-refractivity contribution in [3.8, 4) is 39.3 Å². The summed E-state index contributed by atoms with van der Waals surface area (Å²) in [6.45, 7) is 0. The summed E-state index contributed by atoms with van der Waals surface area (Å²) < 4.78 is 8.60. The zero-order valence-electron chi connectivity index (χ0n) is 22.4. The van der Waals surface area contributed by atoms with Crippen LogP contribution in [0, 0.1) is 0 Å². The van der Waals surface area contributed by atoms with Crippen LogP contribution in [0.2, 0.25) is 0 Å². The van der Waals surface area contributed by atoms with Crippen molar-refractivity contribution in [2.24, 2.45) is 0 Å². The third kappa shape index (κ3) is 2.85. The summed E-state index contributed by atoms with van der Waals surface area (Å²) in [5.74, 6) is 0.863. The Kier molecular flexibility index (Phi) is 4.15. The van der Waals surface area contributed by atoms with E-state index in [-0.39, 0.29) is 0 Å². The van der Waals surface area contributed by atoms with Crippen LogP contribution in [-0.4, -0.2) is 14.5 Å². The van der Waals surface area contributed by atoms with E-state index in [1.807, 2.05) is 36.4 Å². The standard InChI is InChI=1S/C38H21N3O/c1-2-12-28-24(9-1)29-19-23(22-17-18-27-26-11-4-8-16-34(26)42-35(27)21-22)20-30-25-10-3-7-15-33(25)41(37(29)30)38-36(28)39-31-13-5-6-14-32(31)40-38/h1-21H. The van der Waals surface area contributed by atoms with Crippen molar-refractivity contribution in [2.75, 3.05) is 0 Å². The molecule has 0 unspecified atom stereocenters. The summed E-state index contributed by atoms with van der Waals surface area (Å²) >= 11 is 0. The third-order valence-electron chi connectivity index (χ3n) is 8.72. The highest BCUT2D eigenvalue weighted by molar-refractivity contribution is 6.17. The molecule has 0 saturated carbocycles. The van der Waals surface area contributed by atoms with Crippen molar-refractivity contribution in [1.82, 2.24) is 14.5 Å². The molecule has 4 heterocycles. The Morgan fingerprint density at radius 1 is 0.476 bits per heavy atom. The summed E-state index contributed by atoms with van der Waals surface area (Å²) in [6.07, 6.45) is 0. The summed E-state index contributed by atoms with van der Waals surface area (Å²) in [5, 5.41) is 4.67. The van der Waals surface area contributed by atoms with Crippen LogP contribution in [0.15, 0.2) is 132 Å². The Balaban J connectivity index is 1.35. The molecule has 9 aromatic rings. The van der Waals surface area contributed by atoms with E-state index in [1.165, 1.54) is 16.3 Å². The first-order chi connectivity index (χ1) is 20.8. The van der Waals surface area contributed by atoms with E-state index in [4.69, 9.17) is 14.4 Å².